The quantitative estimate of drug-likeness (QED) is 0.460. The molecule has 33 heavy (non-hydrogen) atoms. The van der Waals surface area contributed by atoms with Gasteiger partial charge < -0.3 is 35.5 Å². The molecule has 5 rings (SSSR count). The van der Waals surface area contributed by atoms with E-state index < -0.39 is 5.60 Å². The number of hydrogen-bond acceptors (Lipinski definition) is 9. The van der Waals surface area contributed by atoms with Gasteiger partial charge in [-0.2, -0.15) is 4.98 Å². The van der Waals surface area contributed by atoms with Crippen LogP contribution in [0.1, 0.15) is 26.7 Å². The van der Waals surface area contributed by atoms with E-state index in [-0.39, 0.29) is 17.9 Å². The third kappa shape index (κ3) is 3.85. The molecule has 1 amide bonds. The molecule has 0 spiro atoms. The molecule has 5 N–H and O–H groups in total. The zero-order valence-electron chi connectivity index (χ0n) is 18.7. The first-order valence-corrected chi connectivity index (χ1v) is 11.1. The monoisotopic (exact) mass is 452 g/mol. The van der Waals surface area contributed by atoms with Crippen LogP contribution in [0.15, 0.2) is 34.9 Å². The molecule has 10 heteroatoms. The van der Waals surface area contributed by atoms with Crippen molar-refractivity contribution in [3.63, 3.8) is 0 Å². The molecule has 1 aromatic carbocycles. The van der Waals surface area contributed by atoms with Gasteiger partial charge in [-0.15, -0.1) is 0 Å². The lowest BCUT2D eigenvalue weighted by Gasteiger charge is -2.40. The van der Waals surface area contributed by atoms with E-state index in [1.807, 2.05) is 12.1 Å². The van der Waals surface area contributed by atoms with Crippen molar-refractivity contribution < 1.29 is 19.1 Å². The number of piperidine rings is 1. The van der Waals surface area contributed by atoms with Gasteiger partial charge in [0, 0.05) is 36.8 Å². The number of aliphatic hydroxyl groups excluding tert-OH is 1. The van der Waals surface area contributed by atoms with Crippen LogP contribution < -0.4 is 26.0 Å². The number of rotatable bonds is 5. The van der Waals surface area contributed by atoms with Crippen molar-refractivity contribution >= 4 is 40.1 Å². The van der Waals surface area contributed by atoms with Crippen LogP contribution >= 0.6 is 0 Å². The predicted molar refractivity (Wildman–Crippen MR) is 125 cm³/mol. The normalized spacial score (nSPS) is 19.0. The Kier molecular flexibility index (Phi) is 5.13. The number of nitrogens with one attached hydrogen (secondary N) is 2. The number of benzene rings is 1. The maximum absolute atomic E-state index is 12.3. The summed E-state index contributed by atoms with van der Waals surface area (Å²) in [4.78, 5) is 23.7. The van der Waals surface area contributed by atoms with Gasteiger partial charge in [-0.1, -0.05) is 0 Å². The highest BCUT2D eigenvalue weighted by atomic mass is 16.5. The summed E-state index contributed by atoms with van der Waals surface area (Å²) < 4.78 is 11.5. The maximum atomic E-state index is 12.3. The van der Waals surface area contributed by atoms with E-state index in [9.17, 15) is 9.90 Å². The van der Waals surface area contributed by atoms with Crippen molar-refractivity contribution in [3.05, 3.63) is 30.5 Å². The maximum Gasteiger partial charge on any atom is 0.268 e. The second-order valence-electron chi connectivity index (χ2n) is 9.26. The molecule has 2 aliphatic heterocycles. The summed E-state index contributed by atoms with van der Waals surface area (Å²) in [5, 5.41) is 15.9. The molecule has 3 aromatic rings. The van der Waals surface area contributed by atoms with Gasteiger partial charge in [-0.05, 0) is 44.9 Å². The van der Waals surface area contributed by atoms with E-state index in [0.717, 1.165) is 12.8 Å². The van der Waals surface area contributed by atoms with Gasteiger partial charge in [0.15, 0.2) is 17.0 Å². The number of nitrogens with two attached hydrogens (primary N) is 1. The second-order valence-corrected chi connectivity index (χ2v) is 9.26. The van der Waals surface area contributed by atoms with Crippen molar-refractivity contribution in [2.75, 3.05) is 41.8 Å². The number of carbonyl (C=O) groups is 1. The Morgan fingerprint density at radius 2 is 2.03 bits per heavy atom. The number of ether oxygens (including phenoxy) is 1. The summed E-state index contributed by atoms with van der Waals surface area (Å²) in [7, 11) is 0. The zero-order valence-corrected chi connectivity index (χ0v) is 18.7. The van der Waals surface area contributed by atoms with Crippen molar-refractivity contribution in [2.45, 2.75) is 32.3 Å². The number of anilines is 4. The Morgan fingerprint density at radius 3 is 2.76 bits per heavy atom. The first-order valence-electron chi connectivity index (χ1n) is 11.1. The fourth-order valence-electron chi connectivity index (χ4n) is 4.26. The molecule has 0 saturated carbocycles. The lowest BCUT2D eigenvalue weighted by atomic mass is 9.79. The molecular weight excluding hydrogens is 424 g/mol. The van der Waals surface area contributed by atoms with Gasteiger partial charge in [0.25, 0.3) is 5.91 Å². The van der Waals surface area contributed by atoms with Crippen LogP contribution in [0.3, 0.4) is 0 Å². The highest BCUT2D eigenvalue weighted by Gasteiger charge is 2.36. The SMILES string of the molecule is CC1(C)Oc2ccc(Nc3nc(N4CCC(CN)(CO)CC4)c4occc4n3)cc2NC1=O. The van der Waals surface area contributed by atoms with Gasteiger partial charge in [-0.3, -0.25) is 4.79 Å². The van der Waals surface area contributed by atoms with Gasteiger partial charge in [0.2, 0.25) is 5.95 Å². The third-order valence-corrected chi connectivity index (χ3v) is 6.57. The zero-order chi connectivity index (χ0) is 23.2. The van der Waals surface area contributed by atoms with E-state index in [0.29, 0.717) is 59.6 Å². The number of hydrogen-bond donors (Lipinski definition) is 4. The number of aromatic nitrogens is 2. The molecule has 0 bridgehead atoms. The Bertz CT molecular complexity index is 1190. The van der Waals surface area contributed by atoms with Crippen LogP contribution in [-0.2, 0) is 4.79 Å². The minimum atomic E-state index is -0.918. The van der Waals surface area contributed by atoms with Crippen molar-refractivity contribution in [1.82, 2.24) is 9.97 Å². The first-order chi connectivity index (χ1) is 15.8. The smallest absolute Gasteiger partial charge is 0.268 e. The average molecular weight is 453 g/mol. The molecule has 2 aliphatic rings. The topological polar surface area (TPSA) is 139 Å². The van der Waals surface area contributed by atoms with Crippen molar-refractivity contribution in [2.24, 2.45) is 11.1 Å². The highest BCUT2D eigenvalue weighted by Crippen LogP contribution is 2.37. The standard InChI is InChI=1S/C23H28N6O4/c1-22(2)20(31)26-16-11-14(3-4-17(16)33-22)25-21-27-15-5-10-32-18(15)19(28-21)29-8-6-23(12-24,13-30)7-9-29/h3-5,10-11,30H,6-9,12-13,24H2,1-2H3,(H,26,31)(H,25,27,28). The van der Waals surface area contributed by atoms with E-state index in [1.54, 1.807) is 32.2 Å². The summed E-state index contributed by atoms with van der Waals surface area (Å²) in [6.45, 7) is 5.42. The summed E-state index contributed by atoms with van der Waals surface area (Å²) in [6.07, 6.45) is 3.15. The molecule has 10 nitrogen and oxygen atoms in total. The van der Waals surface area contributed by atoms with E-state index >= 15 is 0 Å². The molecule has 2 aromatic heterocycles. The largest absolute Gasteiger partial charge is 0.476 e. The average Bonchev–Trinajstić information content (AvgIpc) is 3.28. The number of aliphatic hydroxyl groups is 1. The number of furan rings is 1. The van der Waals surface area contributed by atoms with Gasteiger partial charge >= 0.3 is 0 Å². The van der Waals surface area contributed by atoms with Crippen LogP contribution in [0.25, 0.3) is 11.1 Å². The third-order valence-electron chi connectivity index (χ3n) is 6.57. The molecule has 1 saturated heterocycles. The lowest BCUT2D eigenvalue weighted by molar-refractivity contribution is -0.129. The second kappa shape index (κ2) is 7.89. The Labute approximate surface area is 191 Å². The van der Waals surface area contributed by atoms with Crippen LogP contribution in [0.2, 0.25) is 0 Å². The number of carbonyl (C=O) groups excluding carboxylic acids is 1. The summed E-state index contributed by atoms with van der Waals surface area (Å²) in [6, 6.07) is 7.26. The summed E-state index contributed by atoms with van der Waals surface area (Å²) >= 11 is 0. The number of fused-ring (bicyclic) bond motifs is 2. The minimum Gasteiger partial charge on any atom is -0.476 e. The lowest BCUT2D eigenvalue weighted by Crippen LogP contribution is -2.46. The Balaban J connectivity index is 1.42. The Morgan fingerprint density at radius 1 is 1.24 bits per heavy atom. The molecule has 0 radical (unpaired) electrons. The van der Waals surface area contributed by atoms with Crippen LogP contribution in [-0.4, -0.2) is 52.8 Å². The van der Waals surface area contributed by atoms with Crippen LogP contribution in [0.4, 0.5) is 23.1 Å². The van der Waals surface area contributed by atoms with Gasteiger partial charge in [0.05, 0.1) is 18.6 Å². The highest BCUT2D eigenvalue weighted by molar-refractivity contribution is 6.00. The molecule has 174 valence electrons. The van der Waals surface area contributed by atoms with E-state index in [2.05, 4.69) is 20.5 Å². The number of amides is 1. The first kappa shape index (κ1) is 21.5. The molecule has 0 unspecified atom stereocenters. The minimum absolute atomic E-state index is 0.0832. The fourth-order valence-corrected chi connectivity index (χ4v) is 4.26. The van der Waals surface area contributed by atoms with Crippen LogP contribution in [0, 0.1) is 5.41 Å². The van der Waals surface area contributed by atoms with Gasteiger partial charge in [-0.25, -0.2) is 4.98 Å². The number of nitrogens with zero attached hydrogens (tertiary/aromatic N) is 3. The predicted octanol–water partition coefficient (Wildman–Crippen LogP) is 2.61. The summed E-state index contributed by atoms with van der Waals surface area (Å²) in [5.41, 5.74) is 7.38. The summed E-state index contributed by atoms with van der Waals surface area (Å²) in [5.74, 6) is 1.53. The molecule has 4 heterocycles. The molecule has 0 aliphatic carbocycles. The fraction of sp³-hybridized carbons (Fsp3) is 0.435. The van der Waals surface area contributed by atoms with E-state index in [4.69, 9.17) is 19.9 Å². The molecular formula is C23H28N6O4. The van der Waals surface area contributed by atoms with Crippen molar-refractivity contribution in [1.29, 1.82) is 0 Å². The molecule has 0 atom stereocenters. The molecule has 1 fully saturated rings. The van der Waals surface area contributed by atoms with Gasteiger partial charge in [0.1, 0.15) is 11.3 Å². The Hall–Kier alpha value is -3.37. The van der Waals surface area contributed by atoms with Crippen molar-refractivity contribution in [3.8, 4) is 5.75 Å². The van der Waals surface area contributed by atoms with Crippen LogP contribution in [0.5, 0.6) is 5.75 Å². The van der Waals surface area contributed by atoms with E-state index in [1.165, 1.54) is 0 Å².